The molecule has 3 aromatic rings. The number of hydrogen-bond acceptors (Lipinski definition) is 4. The van der Waals surface area contributed by atoms with Gasteiger partial charge in [-0.1, -0.05) is 30.3 Å². The Kier molecular flexibility index (Phi) is 4.38. The fourth-order valence-corrected chi connectivity index (χ4v) is 2.15. The Labute approximate surface area is 123 Å². The van der Waals surface area contributed by atoms with Gasteiger partial charge in [0, 0.05) is 31.3 Å². The zero-order valence-electron chi connectivity index (χ0n) is 11.7. The smallest absolute Gasteiger partial charge is 0.137 e. The molecule has 0 aliphatic rings. The standard InChI is InChI=1S/C15H18N6/c1-2-4-13(5-3-1)10-21-11-14(9-19-21)8-16-7-6-15-17-12-18-20-15/h1-5,9,11-12,16H,6-8,10H2,(H,17,18,20). The SMILES string of the molecule is c1ccc(Cn2cc(CNCCc3ncn[nH]3)cn2)cc1. The van der Waals surface area contributed by atoms with Crippen molar-refractivity contribution in [3.8, 4) is 0 Å². The third-order valence-electron chi connectivity index (χ3n) is 3.21. The molecule has 0 amide bonds. The predicted molar refractivity (Wildman–Crippen MR) is 79.6 cm³/mol. The number of rotatable bonds is 7. The van der Waals surface area contributed by atoms with Gasteiger partial charge in [-0.05, 0) is 5.56 Å². The fourth-order valence-electron chi connectivity index (χ4n) is 2.15. The average Bonchev–Trinajstić information content (AvgIpc) is 3.17. The van der Waals surface area contributed by atoms with E-state index in [0.717, 1.165) is 31.9 Å². The number of aromatic amines is 1. The van der Waals surface area contributed by atoms with Crippen LogP contribution in [0.25, 0.3) is 0 Å². The molecule has 2 N–H and O–H groups in total. The highest BCUT2D eigenvalue weighted by molar-refractivity contribution is 5.15. The minimum absolute atomic E-state index is 0.804. The molecule has 0 atom stereocenters. The van der Waals surface area contributed by atoms with Crippen molar-refractivity contribution >= 4 is 0 Å². The Balaban J connectivity index is 1.44. The van der Waals surface area contributed by atoms with Crippen LogP contribution in [-0.4, -0.2) is 31.5 Å². The summed E-state index contributed by atoms with van der Waals surface area (Å²) in [6.07, 6.45) is 6.36. The molecule has 0 aliphatic heterocycles. The van der Waals surface area contributed by atoms with Gasteiger partial charge in [0.15, 0.2) is 0 Å². The number of aromatic nitrogens is 5. The fraction of sp³-hybridized carbons (Fsp3) is 0.267. The number of benzene rings is 1. The van der Waals surface area contributed by atoms with Gasteiger partial charge in [0.25, 0.3) is 0 Å². The highest BCUT2D eigenvalue weighted by Crippen LogP contribution is 2.03. The van der Waals surface area contributed by atoms with Gasteiger partial charge in [0.05, 0.1) is 12.7 Å². The molecular formula is C15H18N6. The van der Waals surface area contributed by atoms with Crippen molar-refractivity contribution in [2.75, 3.05) is 6.54 Å². The minimum Gasteiger partial charge on any atom is -0.312 e. The molecule has 2 heterocycles. The minimum atomic E-state index is 0.804. The van der Waals surface area contributed by atoms with Crippen LogP contribution >= 0.6 is 0 Å². The molecule has 0 radical (unpaired) electrons. The molecule has 0 unspecified atom stereocenters. The number of nitrogens with one attached hydrogen (secondary N) is 2. The van der Waals surface area contributed by atoms with Gasteiger partial charge in [-0.2, -0.15) is 10.2 Å². The molecule has 0 aliphatic carbocycles. The third-order valence-corrected chi connectivity index (χ3v) is 3.21. The molecule has 108 valence electrons. The molecule has 0 saturated carbocycles. The summed E-state index contributed by atoms with van der Waals surface area (Å²) in [5, 5.41) is 14.4. The van der Waals surface area contributed by atoms with Crippen LogP contribution in [0.2, 0.25) is 0 Å². The van der Waals surface area contributed by atoms with E-state index in [1.807, 2.05) is 29.1 Å². The summed E-state index contributed by atoms with van der Waals surface area (Å²) in [6, 6.07) is 10.3. The van der Waals surface area contributed by atoms with Crippen molar-refractivity contribution in [1.82, 2.24) is 30.3 Å². The molecule has 6 nitrogen and oxygen atoms in total. The van der Waals surface area contributed by atoms with Gasteiger partial charge in [-0.25, -0.2) is 4.98 Å². The maximum Gasteiger partial charge on any atom is 0.137 e. The molecule has 0 saturated heterocycles. The molecule has 2 aromatic heterocycles. The quantitative estimate of drug-likeness (QED) is 0.642. The van der Waals surface area contributed by atoms with E-state index in [1.54, 1.807) is 0 Å². The van der Waals surface area contributed by atoms with Crippen molar-refractivity contribution in [3.05, 3.63) is 66.0 Å². The first-order valence-electron chi connectivity index (χ1n) is 7.00. The van der Waals surface area contributed by atoms with E-state index < -0.39 is 0 Å². The predicted octanol–water partition coefficient (Wildman–Crippen LogP) is 1.38. The number of nitrogens with zero attached hydrogens (tertiary/aromatic N) is 4. The molecular weight excluding hydrogens is 264 g/mol. The summed E-state index contributed by atoms with van der Waals surface area (Å²) in [4.78, 5) is 4.09. The molecule has 3 rings (SSSR count). The van der Waals surface area contributed by atoms with E-state index >= 15 is 0 Å². The van der Waals surface area contributed by atoms with Crippen LogP contribution in [0.3, 0.4) is 0 Å². The van der Waals surface area contributed by atoms with Crippen LogP contribution in [0.5, 0.6) is 0 Å². The van der Waals surface area contributed by atoms with Crippen LogP contribution in [0.15, 0.2) is 49.1 Å². The van der Waals surface area contributed by atoms with Crippen molar-refractivity contribution in [1.29, 1.82) is 0 Å². The lowest BCUT2D eigenvalue weighted by atomic mass is 10.2. The normalized spacial score (nSPS) is 10.9. The van der Waals surface area contributed by atoms with Gasteiger partial charge in [0.2, 0.25) is 0 Å². The van der Waals surface area contributed by atoms with Gasteiger partial charge < -0.3 is 5.32 Å². The van der Waals surface area contributed by atoms with Gasteiger partial charge in [0.1, 0.15) is 12.2 Å². The zero-order chi connectivity index (χ0) is 14.3. The molecule has 0 bridgehead atoms. The second kappa shape index (κ2) is 6.81. The Morgan fingerprint density at radius 2 is 2.05 bits per heavy atom. The van der Waals surface area contributed by atoms with Crippen molar-refractivity contribution in [2.45, 2.75) is 19.5 Å². The van der Waals surface area contributed by atoms with Crippen LogP contribution in [-0.2, 0) is 19.5 Å². The highest BCUT2D eigenvalue weighted by atomic mass is 15.3. The maximum atomic E-state index is 4.39. The third kappa shape index (κ3) is 4.00. The lowest BCUT2D eigenvalue weighted by Crippen LogP contribution is -2.16. The summed E-state index contributed by atoms with van der Waals surface area (Å²) in [6.45, 7) is 2.47. The van der Waals surface area contributed by atoms with E-state index in [0.29, 0.717) is 0 Å². The monoisotopic (exact) mass is 282 g/mol. The van der Waals surface area contributed by atoms with Crippen molar-refractivity contribution < 1.29 is 0 Å². The Morgan fingerprint density at radius 3 is 2.86 bits per heavy atom. The molecule has 0 fully saturated rings. The van der Waals surface area contributed by atoms with Crippen LogP contribution in [0.1, 0.15) is 17.0 Å². The average molecular weight is 282 g/mol. The van der Waals surface area contributed by atoms with Gasteiger partial charge >= 0.3 is 0 Å². The van der Waals surface area contributed by atoms with Crippen molar-refractivity contribution in [3.63, 3.8) is 0 Å². The first-order valence-corrected chi connectivity index (χ1v) is 7.00. The van der Waals surface area contributed by atoms with Gasteiger partial charge in [-0.15, -0.1) is 0 Å². The molecule has 0 spiro atoms. The first-order chi connectivity index (χ1) is 10.4. The number of hydrogen-bond donors (Lipinski definition) is 2. The Morgan fingerprint density at radius 1 is 1.14 bits per heavy atom. The van der Waals surface area contributed by atoms with E-state index in [2.05, 4.69) is 43.9 Å². The zero-order valence-corrected chi connectivity index (χ0v) is 11.7. The Bertz CT molecular complexity index is 644. The van der Waals surface area contributed by atoms with Gasteiger partial charge in [-0.3, -0.25) is 9.78 Å². The van der Waals surface area contributed by atoms with E-state index in [-0.39, 0.29) is 0 Å². The molecule has 21 heavy (non-hydrogen) atoms. The van der Waals surface area contributed by atoms with E-state index in [1.165, 1.54) is 17.5 Å². The summed E-state index contributed by atoms with van der Waals surface area (Å²) in [5.41, 5.74) is 2.44. The van der Waals surface area contributed by atoms with Crippen LogP contribution in [0, 0.1) is 0 Å². The second-order valence-corrected chi connectivity index (χ2v) is 4.89. The van der Waals surface area contributed by atoms with E-state index in [9.17, 15) is 0 Å². The largest absolute Gasteiger partial charge is 0.312 e. The van der Waals surface area contributed by atoms with Crippen LogP contribution in [0.4, 0.5) is 0 Å². The Hall–Kier alpha value is -2.47. The lowest BCUT2D eigenvalue weighted by Gasteiger charge is -2.02. The number of H-pyrrole nitrogens is 1. The van der Waals surface area contributed by atoms with E-state index in [4.69, 9.17) is 0 Å². The maximum absolute atomic E-state index is 4.39. The highest BCUT2D eigenvalue weighted by Gasteiger charge is 2.00. The summed E-state index contributed by atoms with van der Waals surface area (Å²) in [7, 11) is 0. The lowest BCUT2D eigenvalue weighted by molar-refractivity contribution is 0.666. The second-order valence-electron chi connectivity index (χ2n) is 4.89. The summed E-state index contributed by atoms with van der Waals surface area (Å²) >= 11 is 0. The molecule has 6 heteroatoms. The van der Waals surface area contributed by atoms with Crippen molar-refractivity contribution in [2.24, 2.45) is 0 Å². The molecule has 1 aromatic carbocycles. The van der Waals surface area contributed by atoms with Crippen LogP contribution < -0.4 is 5.32 Å². The first kappa shape index (κ1) is 13.5. The summed E-state index contributed by atoms with van der Waals surface area (Å²) in [5.74, 6) is 0.905. The topological polar surface area (TPSA) is 71.4 Å². The summed E-state index contributed by atoms with van der Waals surface area (Å²) < 4.78 is 1.96.